The number of nitrogens with zero attached hydrogens (tertiary/aromatic N) is 2. The largest absolute Gasteiger partial charge is 0.468 e. The van der Waals surface area contributed by atoms with E-state index in [0.29, 0.717) is 12.5 Å². The van der Waals surface area contributed by atoms with Crippen molar-refractivity contribution in [2.75, 3.05) is 13.6 Å². The Hall–Kier alpha value is -2.32. The third-order valence-electron chi connectivity index (χ3n) is 4.55. The van der Waals surface area contributed by atoms with E-state index in [9.17, 15) is 0 Å². The van der Waals surface area contributed by atoms with E-state index in [4.69, 9.17) is 10.2 Å². The van der Waals surface area contributed by atoms with Crippen LogP contribution in [0.5, 0.6) is 0 Å². The zero-order valence-corrected chi connectivity index (χ0v) is 19.1. The number of hydrogen-bond acceptors (Lipinski definition) is 3. The summed E-state index contributed by atoms with van der Waals surface area (Å²) >= 11 is 0. The van der Waals surface area contributed by atoms with E-state index < -0.39 is 0 Å². The molecule has 0 saturated carbocycles. The molecule has 0 fully saturated rings. The Kier molecular flexibility index (Phi) is 9.73. The van der Waals surface area contributed by atoms with Crippen LogP contribution in [0.4, 0.5) is 0 Å². The predicted molar refractivity (Wildman–Crippen MR) is 129 cm³/mol. The number of hydrogen-bond donors (Lipinski definition) is 2. The van der Waals surface area contributed by atoms with Crippen LogP contribution in [0, 0.1) is 0 Å². The molecule has 0 aliphatic rings. The number of guanidine groups is 1. The van der Waals surface area contributed by atoms with Crippen molar-refractivity contribution in [1.29, 1.82) is 0 Å². The van der Waals surface area contributed by atoms with Gasteiger partial charge in [0.1, 0.15) is 5.76 Å². The van der Waals surface area contributed by atoms with Gasteiger partial charge in [0.15, 0.2) is 5.96 Å². The summed E-state index contributed by atoms with van der Waals surface area (Å²) in [6, 6.07) is 22.6. The van der Waals surface area contributed by atoms with Crippen LogP contribution in [0.1, 0.15) is 22.5 Å². The van der Waals surface area contributed by atoms with Gasteiger partial charge < -0.3 is 15.5 Å². The molecule has 1 heterocycles. The highest BCUT2D eigenvalue weighted by Crippen LogP contribution is 2.14. The molecule has 5 nitrogen and oxygen atoms in total. The van der Waals surface area contributed by atoms with Crippen LogP contribution in [-0.4, -0.2) is 24.5 Å². The van der Waals surface area contributed by atoms with Crippen molar-refractivity contribution in [3.05, 3.63) is 95.4 Å². The van der Waals surface area contributed by atoms with Crippen molar-refractivity contribution in [1.82, 2.24) is 10.2 Å². The Bertz CT molecular complexity index is 866. The number of halogens is 1. The molecule has 0 spiro atoms. The van der Waals surface area contributed by atoms with E-state index in [-0.39, 0.29) is 24.0 Å². The zero-order valence-electron chi connectivity index (χ0n) is 16.8. The van der Waals surface area contributed by atoms with Crippen LogP contribution in [0.2, 0.25) is 0 Å². The van der Waals surface area contributed by atoms with Crippen molar-refractivity contribution in [2.45, 2.75) is 26.1 Å². The summed E-state index contributed by atoms with van der Waals surface area (Å²) in [5, 5.41) is 3.20. The Morgan fingerprint density at radius 3 is 2.41 bits per heavy atom. The molecule has 29 heavy (non-hydrogen) atoms. The lowest BCUT2D eigenvalue weighted by molar-refractivity contribution is 0.287. The Balaban J connectivity index is 0.00000300. The summed E-state index contributed by atoms with van der Waals surface area (Å²) in [6.07, 6.45) is 2.63. The SMILES string of the molecule is CN(Cc1ccco1)Cc1ccccc1CN=C(N)NCCc1ccccc1.I. The highest BCUT2D eigenvalue weighted by Gasteiger charge is 2.07. The van der Waals surface area contributed by atoms with Crippen molar-refractivity contribution in [3.63, 3.8) is 0 Å². The van der Waals surface area contributed by atoms with Gasteiger partial charge in [-0.2, -0.15) is 0 Å². The molecule has 0 saturated heterocycles. The minimum absolute atomic E-state index is 0. The molecular weight excluding hydrogens is 475 g/mol. The van der Waals surface area contributed by atoms with E-state index in [2.05, 4.69) is 52.6 Å². The number of nitrogens with two attached hydrogens (primary N) is 1. The van der Waals surface area contributed by atoms with Gasteiger partial charge in [-0.3, -0.25) is 4.90 Å². The minimum atomic E-state index is 0. The van der Waals surface area contributed by atoms with E-state index in [1.807, 2.05) is 36.4 Å². The molecule has 3 aromatic rings. The minimum Gasteiger partial charge on any atom is -0.468 e. The second-order valence-electron chi connectivity index (χ2n) is 6.88. The van der Waals surface area contributed by atoms with E-state index in [1.54, 1.807) is 6.26 Å². The molecule has 3 N–H and O–H groups in total. The molecule has 0 aliphatic heterocycles. The first-order valence-electron chi connectivity index (χ1n) is 9.56. The average molecular weight is 504 g/mol. The topological polar surface area (TPSA) is 66.8 Å². The highest BCUT2D eigenvalue weighted by atomic mass is 127. The maximum absolute atomic E-state index is 6.04. The molecule has 0 aliphatic carbocycles. The average Bonchev–Trinajstić information content (AvgIpc) is 3.21. The lowest BCUT2D eigenvalue weighted by Crippen LogP contribution is -2.33. The molecular formula is C23H29IN4O. The Labute approximate surface area is 190 Å². The summed E-state index contributed by atoms with van der Waals surface area (Å²) in [4.78, 5) is 6.74. The monoisotopic (exact) mass is 504 g/mol. The fourth-order valence-corrected chi connectivity index (χ4v) is 3.09. The van der Waals surface area contributed by atoms with Crippen LogP contribution in [0.3, 0.4) is 0 Å². The van der Waals surface area contributed by atoms with E-state index in [0.717, 1.165) is 31.8 Å². The molecule has 3 rings (SSSR count). The number of nitrogens with one attached hydrogen (secondary N) is 1. The van der Waals surface area contributed by atoms with Gasteiger partial charge in [0.25, 0.3) is 0 Å². The van der Waals surface area contributed by atoms with Gasteiger partial charge in [-0.15, -0.1) is 24.0 Å². The normalized spacial score (nSPS) is 11.3. The number of rotatable bonds is 9. The number of benzene rings is 2. The van der Waals surface area contributed by atoms with Gasteiger partial charge in [0.2, 0.25) is 0 Å². The highest BCUT2D eigenvalue weighted by molar-refractivity contribution is 14.0. The molecule has 6 heteroatoms. The summed E-state index contributed by atoms with van der Waals surface area (Å²) in [5.74, 6) is 1.44. The second kappa shape index (κ2) is 12.3. The standard InChI is InChI=1S/C23H28N4O.HI/c1-27(18-22-12-7-15-28-22)17-21-11-6-5-10-20(21)16-26-23(24)25-14-13-19-8-3-2-4-9-19;/h2-12,15H,13-14,16-18H2,1H3,(H3,24,25,26);1H. The van der Waals surface area contributed by atoms with Gasteiger partial charge >= 0.3 is 0 Å². The number of aliphatic imine (C=N–C) groups is 1. The first-order chi connectivity index (χ1) is 13.7. The quantitative estimate of drug-likeness (QED) is 0.261. The molecule has 0 atom stereocenters. The van der Waals surface area contributed by atoms with Crippen LogP contribution in [-0.2, 0) is 26.1 Å². The van der Waals surface area contributed by atoms with Gasteiger partial charge in [-0.05, 0) is 42.3 Å². The van der Waals surface area contributed by atoms with E-state index in [1.165, 1.54) is 16.7 Å². The number of furan rings is 1. The first kappa shape index (κ1) is 23.0. The zero-order chi connectivity index (χ0) is 19.6. The van der Waals surface area contributed by atoms with Crippen molar-refractivity contribution < 1.29 is 4.42 Å². The molecule has 0 radical (unpaired) electrons. The van der Waals surface area contributed by atoms with Crippen molar-refractivity contribution in [3.8, 4) is 0 Å². The summed E-state index contributed by atoms with van der Waals surface area (Å²) in [5.41, 5.74) is 9.76. The predicted octanol–water partition coefficient (Wildman–Crippen LogP) is 4.18. The van der Waals surface area contributed by atoms with Gasteiger partial charge in [-0.1, -0.05) is 54.6 Å². The Morgan fingerprint density at radius 1 is 0.966 bits per heavy atom. The fraction of sp³-hybridized carbons (Fsp3) is 0.261. The molecule has 1 aromatic heterocycles. The van der Waals surface area contributed by atoms with Gasteiger partial charge in [0.05, 0.1) is 19.4 Å². The molecule has 2 aromatic carbocycles. The smallest absolute Gasteiger partial charge is 0.188 e. The molecule has 154 valence electrons. The molecule has 0 bridgehead atoms. The van der Waals surface area contributed by atoms with Gasteiger partial charge in [-0.25, -0.2) is 4.99 Å². The molecule has 0 amide bonds. The van der Waals surface area contributed by atoms with Crippen LogP contribution in [0.15, 0.2) is 82.4 Å². The Morgan fingerprint density at radius 2 is 1.69 bits per heavy atom. The van der Waals surface area contributed by atoms with Crippen LogP contribution < -0.4 is 11.1 Å². The van der Waals surface area contributed by atoms with Crippen LogP contribution in [0.25, 0.3) is 0 Å². The summed E-state index contributed by atoms with van der Waals surface area (Å²) in [7, 11) is 2.09. The van der Waals surface area contributed by atoms with Crippen LogP contribution >= 0.6 is 24.0 Å². The second-order valence-corrected chi connectivity index (χ2v) is 6.88. The van der Waals surface area contributed by atoms with Crippen molar-refractivity contribution in [2.24, 2.45) is 10.7 Å². The third kappa shape index (κ3) is 7.91. The first-order valence-corrected chi connectivity index (χ1v) is 9.56. The fourth-order valence-electron chi connectivity index (χ4n) is 3.09. The van der Waals surface area contributed by atoms with E-state index >= 15 is 0 Å². The maximum atomic E-state index is 6.04. The maximum Gasteiger partial charge on any atom is 0.188 e. The summed E-state index contributed by atoms with van der Waals surface area (Å²) in [6.45, 7) is 2.93. The lowest BCUT2D eigenvalue weighted by Gasteiger charge is -2.17. The van der Waals surface area contributed by atoms with Gasteiger partial charge in [0, 0.05) is 13.1 Å². The summed E-state index contributed by atoms with van der Waals surface area (Å²) < 4.78 is 5.43. The molecule has 0 unspecified atom stereocenters. The van der Waals surface area contributed by atoms with Crippen molar-refractivity contribution >= 4 is 29.9 Å². The lowest BCUT2D eigenvalue weighted by atomic mass is 10.1. The third-order valence-corrected chi connectivity index (χ3v) is 4.55.